The normalized spacial score (nSPS) is 14.7. The summed E-state index contributed by atoms with van der Waals surface area (Å²) >= 11 is 0. The molecule has 0 aliphatic heterocycles. The van der Waals surface area contributed by atoms with Gasteiger partial charge in [-0.1, -0.05) is 6.92 Å². The van der Waals surface area contributed by atoms with Gasteiger partial charge in [-0.3, -0.25) is 4.79 Å². The van der Waals surface area contributed by atoms with Gasteiger partial charge in [-0.05, 0) is 27.2 Å². The number of nitrogens with zero attached hydrogens (tertiary/aromatic N) is 1. The number of aliphatic hydroxyl groups is 1. The van der Waals surface area contributed by atoms with E-state index in [9.17, 15) is 4.79 Å². The van der Waals surface area contributed by atoms with Crippen LogP contribution in [-0.4, -0.2) is 47.7 Å². The molecule has 0 bridgehead atoms. The summed E-state index contributed by atoms with van der Waals surface area (Å²) in [7, 11) is 0. The molecule has 0 saturated heterocycles. The Kier molecular flexibility index (Phi) is 6.52. The zero-order valence-electron chi connectivity index (χ0n) is 10.3. The molecule has 90 valence electrons. The lowest BCUT2D eigenvalue weighted by molar-refractivity contribution is -0.130. The minimum Gasteiger partial charge on any atom is -0.394 e. The highest BCUT2D eigenvalue weighted by atomic mass is 16.3. The lowest BCUT2D eigenvalue weighted by Gasteiger charge is -2.28. The molecule has 0 rings (SSSR count). The van der Waals surface area contributed by atoms with Gasteiger partial charge in [0.25, 0.3) is 0 Å². The third-order valence-corrected chi connectivity index (χ3v) is 2.91. The maximum atomic E-state index is 11.7. The molecule has 0 saturated carbocycles. The van der Waals surface area contributed by atoms with E-state index in [2.05, 4.69) is 5.32 Å². The van der Waals surface area contributed by atoms with E-state index in [-0.39, 0.29) is 18.1 Å². The van der Waals surface area contributed by atoms with Crippen molar-refractivity contribution in [1.29, 1.82) is 0 Å². The van der Waals surface area contributed by atoms with Crippen LogP contribution in [0.5, 0.6) is 0 Å². The molecule has 1 atom stereocenters. The molecule has 4 heteroatoms. The molecular weight excluding hydrogens is 192 g/mol. The summed E-state index contributed by atoms with van der Waals surface area (Å²) in [6.07, 6.45) is 0.801. The topological polar surface area (TPSA) is 52.6 Å². The lowest BCUT2D eigenvalue weighted by Crippen LogP contribution is -2.50. The first-order chi connectivity index (χ1) is 7.02. The Hall–Kier alpha value is -0.610. The van der Waals surface area contributed by atoms with Gasteiger partial charge in [0.05, 0.1) is 13.2 Å². The van der Waals surface area contributed by atoms with Crippen LogP contribution in [0.4, 0.5) is 0 Å². The number of nitrogens with one attached hydrogen (secondary N) is 1. The molecule has 0 heterocycles. The van der Waals surface area contributed by atoms with Crippen molar-refractivity contribution in [1.82, 2.24) is 10.2 Å². The molecule has 1 amide bonds. The second-order valence-corrected chi connectivity index (χ2v) is 3.99. The molecule has 0 aromatic carbocycles. The first-order valence-corrected chi connectivity index (χ1v) is 5.66. The summed E-state index contributed by atoms with van der Waals surface area (Å²) in [4.78, 5) is 13.4. The fourth-order valence-electron chi connectivity index (χ4n) is 1.27. The number of carbonyl (C=O) groups is 1. The zero-order valence-corrected chi connectivity index (χ0v) is 10.3. The van der Waals surface area contributed by atoms with Crippen molar-refractivity contribution in [3.05, 3.63) is 0 Å². The summed E-state index contributed by atoms with van der Waals surface area (Å²) in [5.74, 6) is 0.0909. The van der Waals surface area contributed by atoms with Gasteiger partial charge in [-0.15, -0.1) is 0 Å². The average Bonchev–Trinajstić information content (AvgIpc) is 2.27. The predicted molar refractivity (Wildman–Crippen MR) is 61.7 cm³/mol. The summed E-state index contributed by atoms with van der Waals surface area (Å²) < 4.78 is 0. The van der Waals surface area contributed by atoms with Gasteiger partial charge in [0.1, 0.15) is 0 Å². The fraction of sp³-hybridized carbons (Fsp3) is 0.909. The molecule has 15 heavy (non-hydrogen) atoms. The van der Waals surface area contributed by atoms with Crippen molar-refractivity contribution in [2.75, 3.05) is 26.2 Å². The second-order valence-electron chi connectivity index (χ2n) is 3.99. The van der Waals surface area contributed by atoms with E-state index in [0.717, 1.165) is 19.5 Å². The van der Waals surface area contributed by atoms with Crippen LogP contribution in [0.15, 0.2) is 0 Å². The standard InChI is InChI=1S/C11H24N2O2/c1-5-11(4,9-14)12-8-10(15)13(6-2)7-3/h12,14H,5-9H2,1-4H3. The Morgan fingerprint density at radius 1 is 1.33 bits per heavy atom. The van der Waals surface area contributed by atoms with Crippen molar-refractivity contribution in [3.8, 4) is 0 Å². The van der Waals surface area contributed by atoms with Crippen LogP contribution in [0, 0.1) is 0 Å². The molecule has 0 aliphatic rings. The number of likely N-dealkylation sites (N-methyl/N-ethyl adjacent to an activating group) is 1. The number of hydrogen-bond acceptors (Lipinski definition) is 3. The van der Waals surface area contributed by atoms with E-state index in [4.69, 9.17) is 5.11 Å². The van der Waals surface area contributed by atoms with Crippen molar-refractivity contribution in [2.24, 2.45) is 0 Å². The first kappa shape index (κ1) is 14.4. The molecule has 2 N–H and O–H groups in total. The minimum absolute atomic E-state index is 0.0506. The molecule has 0 fully saturated rings. The maximum absolute atomic E-state index is 11.7. The van der Waals surface area contributed by atoms with E-state index in [0.29, 0.717) is 6.54 Å². The molecule has 0 aliphatic carbocycles. The van der Waals surface area contributed by atoms with Gasteiger partial charge in [-0.2, -0.15) is 0 Å². The van der Waals surface area contributed by atoms with Crippen LogP contribution in [0.2, 0.25) is 0 Å². The predicted octanol–water partition coefficient (Wildman–Crippen LogP) is 0.605. The van der Waals surface area contributed by atoms with Crippen molar-refractivity contribution < 1.29 is 9.90 Å². The van der Waals surface area contributed by atoms with Crippen molar-refractivity contribution in [3.63, 3.8) is 0 Å². The van der Waals surface area contributed by atoms with Crippen LogP contribution in [0.25, 0.3) is 0 Å². The fourth-order valence-corrected chi connectivity index (χ4v) is 1.27. The molecule has 0 radical (unpaired) electrons. The van der Waals surface area contributed by atoms with Crippen LogP contribution >= 0.6 is 0 Å². The monoisotopic (exact) mass is 216 g/mol. The first-order valence-electron chi connectivity index (χ1n) is 5.66. The van der Waals surface area contributed by atoms with Crippen LogP contribution < -0.4 is 5.32 Å². The van der Waals surface area contributed by atoms with E-state index >= 15 is 0 Å². The Morgan fingerprint density at radius 3 is 2.20 bits per heavy atom. The third-order valence-electron chi connectivity index (χ3n) is 2.91. The number of carbonyl (C=O) groups excluding carboxylic acids is 1. The van der Waals surface area contributed by atoms with E-state index in [1.807, 2.05) is 27.7 Å². The molecule has 0 spiro atoms. The lowest BCUT2D eigenvalue weighted by atomic mass is 10.0. The Labute approximate surface area is 92.7 Å². The van der Waals surface area contributed by atoms with E-state index < -0.39 is 0 Å². The van der Waals surface area contributed by atoms with Crippen molar-refractivity contribution >= 4 is 5.91 Å². The smallest absolute Gasteiger partial charge is 0.236 e. The highest BCUT2D eigenvalue weighted by molar-refractivity contribution is 5.78. The third kappa shape index (κ3) is 4.62. The van der Waals surface area contributed by atoms with Crippen molar-refractivity contribution in [2.45, 2.75) is 39.7 Å². The number of hydrogen-bond donors (Lipinski definition) is 2. The number of amides is 1. The largest absolute Gasteiger partial charge is 0.394 e. The molecule has 0 aromatic heterocycles. The number of aliphatic hydroxyl groups excluding tert-OH is 1. The SMILES string of the molecule is CCN(CC)C(=O)CNC(C)(CC)CO. The minimum atomic E-state index is -0.344. The quantitative estimate of drug-likeness (QED) is 0.655. The van der Waals surface area contributed by atoms with Gasteiger partial charge in [-0.25, -0.2) is 0 Å². The van der Waals surface area contributed by atoms with Crippen LogP contribution in [0.3, 0.4) is 0 Å². The Bertz CT molecular complexity index is 187. The van der Waals surface area contributed by atoms with Gasteiger partial charge in [0.15, 0.2) is 0 Å². The molecule has 4 nitrogen and oxygen atoms in total. The Balaban J connectivity index is 4.08. The highest BCUT2D eigenvalue weighted by Crippen LogP contribution is 2.06. The molecule has 1 unspecified atom stereocenters. The van der Waals surface area contributed by atoms with Gasteiger partial charge in [0, 0.05) is 18.6 Å². The van der Waals surface area contributed by atoms with E-state index in [1.54, 1.807) is 4.90 Å². The van der Waals surface area contributed by atoms with Gasteiger partial charge < -0.3 is 15.3 Å². The van der Waals surface area contributed by atoms with Gasteiger partial charge in [0.2, 0.25) is 5.91 Å². The van der Waals surface area contributed by atoms with Gasteiger partial charge >= 0.3 is 0 Å². The van der Waals surface area contributed by atoms with Crippen LogP contribution in [-0.2, 0) is 4.79 Å². The summed E-state index contributed by atoms with van der Waals surface area (Å²) in [6.45, 7) is 9.66. The number of rotatable bonds is 7. The Morgan fingerprint density at radius 2 is 1.87 bits per heavy atom. The summed E-state index contributed by atoms with van der Waals surface area (Å²) in [5.41, 5.74) is -0.344. The van der Waals surface area contributed by atoms with E-state index in [1.165, 1.54) is 0 Å². The second kappa shape index (κ2) is 6.80. The van der Waals surface area contributed by atoms with Crippen LogP contribution in [0.1, 0.15) is 34.1 Å². The highest BCUT2D eigenvalue weighted by Gasteiger charge is 2.21. The average molecular weight is 216 g/mol. The zero-order chi connectivity index (χ0) is 11.9. The maximum Gasteiger partial charge on any atom is 0.236 e. The molecular formula is C11H24N2O2. The summed E-state index contributed by atoms with van der Waals surface area (Å²) in [5, 5.41) is 12.3. The summed E-state index contributed by atoms with van der Waals surface area (Å²) in [6, 6.07) is 0. The molecule has 0 aromatic rings.